The van der Waals surface area contributed by atoms with Crippen LogP contribution in [0.1, 0.15) is 16.4 Å². The van der Waals surface area contributed by atoms with E-state index in [0.29, 0.717) is 11.2 Å². The molecule has 0 fully saturated rings. The number of primary amides is 1. The van der Waals surface area contributed by atoms with Gasteiger partial charge in [-0.25, -0.2) is 4.68 Å². The summed E-state index contributed by atoms with van der Waals surface area (Å²) in [6.45, 7) is -0.766. The highest BCUT2D eigenvalue weighted by molar-refractivity contribution is 7.13. The number of nitrogens with two attached hydrogens (primary N) is 1. The van der Waals surface area contributed by atoms with E-state index in [-0.39, 0.29) is 23.6 Å². The highest BCUT2D eigenvalue weighted by atomic mass is 32.1. The van der Waals surface area contributed by atoms with Gasteiger partial charge in [-0.05, 0) is 17.5 Å². The van der Waals surface area contributed by atoms with Crippen LogP contribution >= 0.6 is 11.3 Å². The van der Waals surface area contributed by atoms with Crippen LogP contribution in [0.4, 0.5) is 0 Å². The number of esters is 1. The monoisotopic (exact) mass is 411 g/mol. The molecule has 0 atom stereocenters. The van der Waals surface area contributed by atoms with Gasteiger partial charge >= 0.3 is 5.97 Å². The van der Waals surface area contributed by atoms with E-state index in [2.05, 4.69) is 15.2 Å². The molecule has 0 aliphatic rings. The predicted octanol–water partition coefficient (Wildman–Crippen LogP) is 1.35. The van der Waals surface area contributed by atoms with Crippen LogP contribution in [0.25, 0.3) is 21.5 Å². The Kier molecular flexibility index (Phi) is 4.87. The number of rotatable bonds is 6. The van der Waals surface area contributed by atoms with Crippen LogP contribution < -0.4 is 11.3 Å². The first-order valence-electron chi connectivity index (χ1n) is 8.34. The van der Waals surface area contributed by atoms with E-state index >= 15 is 0 Å². The third kappa shape index (κ3) is 3.75. The Morgan fingerprint density at radius 1 is 1.17 bits per heavy atom. The van der Waals surface area contributed by atoms with Gasteiger partial charge < -0.3 is 15.0 Å². The molecule has 0 saturated heterocycles. The molecule has 0 unspecified atom stereocenters. The summed E-state index contributed by atoms with van der Waals surface area (Å²) >= 11 is 1.44. The molecule has 11 heteroatoms. The van der Waals surface area contributed by atoms with E-state index in [1.807, 2.05) is 17.5 Å². The number of ether oxygens (including phenoxy) is 1. The van der Waals surface area contributed by atoms with Crippen molar-refractivity contribution in [1.82, 2.24) is 19.9 Å². The molecule has 0 aliphatic carbocycles. The van der Waals surface area contributed by atoms with Gasteiger partial charge in [0, 0.05) is 5.39 Å². The van der Waals surface area contributed by atoms with E-state index in [0.717, 1.165) is 9.56 Å². The number of fused-ring (bicyclic) bond motifs is 1. The Bertz CT molecular complexity index is 1260. The van der Waals surface area contributed by atoms with E-state index < -0.39 is 24.0 Å². The molecule has 146 valence electrons. The molecule has 10 nitrogen and oxygen atoms in total. The van der Waals surface area contributed by atoms with Gasteiger partial charge in [0.15, 0.2) is 12.3 Å². The van der Waals surface area contributed by atoms with Crippen molar-refractivity contribution >= 4 is 34.0 Å². The molecule has 2 N–H and O–H groups in total. The minimum Gasteiger partial charge on any atom is -0.454 e. The van der Waals surface area contributed by atoms with Crippen LogP contribution in [0.5, 0.6) is 0 Å². The van der Waals surface area contributed by atoms with E-state index in [9.17, 15) is 14.4 Å². The van der Waals surface area contributed by atoms with Gasteiger partial charge in [0.05, 0.1) is 10.3 Å². The number of amides is 1. The smallest absolute Gasteiger partial charge is 0.328 e. The molecule has 0 saturated carbocycles. The zero-order valence-corrected chi connectivity index (χ0v) is 15.6. The van der Waals surface area contributed by atoms with Crippen molar-refractivity contribution in [3.8, 4) is 10.7 Å². The third-order valence-electron chi connectivity index (χ3n) is 3.95. The van der Waals surface area contributed by atoms with Gasteiger partial charge in [-0.1, -0.05) is 29.4 Å². The van der Waals surface area contributed by atoms with Crippen LogP contribution in [0.3, 0.4) is 0 Å². The predicted molar refractivity (Wildman–Crippen MR) is 102 cm³/mol. The number of hydrogen-bond donors (Lipinski definition) is 1. The van der Waals surface area contributed by atoms with Crippen LogP contribution in [0.15, 0.2) is 51.1 Å². The van der Waals surface area contributed by atoms with Gasteiger partial charge in [-0.15, -0.1) is 11.3 Å². The van der Waals surface area contributed by atoms with Crippen molar-refractivity contribution in [3.05, 3.63) is 63.7 Å². The van der Waals surface area contributed by atoms with Gasteiger partial charge in [0.1, 0.15) is 6.54 Å². The summed E-state index contributed by atoms with van der Waals surface area (Å²) in [5.74, 6) is -1.07. The quantitative estimate of drug-likeness (QED) is 0.468. The van der Waals surface area contributed by atoms with Crippen molar-refractivity contribution in [2.75, 3.05) is 0 Å². The fourth-order valence-electron chi connectivity index (χ4n) is 2.65. The highest BCUT2D eigenvalue weighted by Gasteiger charge is 2.17. The molecule has 1 aromatic carbocycles. The first-order valence-corrected chi connectivity index (χ1v) is 9.22. The fraction of sp³-hybridized carbons (Fsp3) is 0.111. The number of thiophene rings is 1. The third-order valence-corrected chi connectivity index (χ3v) is 4.81. The number of carbonyl (C=O) groups is 2. The Balaban J connectivity index is 1.50. The summed E-state index contributed by atoms with van der Waals surface area (Å²) in [6.07, 6.45) is 0. The molecular formula is C18H13N5O5S. The van der Waals surface area contributed by atoms with Crippen molar-refractivity contribution in [2.45, 2.75) is 13.2 Å². The lowest BCUT2D eigenvalue weighted by Gasteiger charge is -2.08. The molecule has 0 bridgehead atoms. The number of benzene rings is 1. The molecule has 0 aliphatic heterocycles. The topological polar surface area (TPSA) is 143 Å². The summed E-state index contributed by atoms with van der Waals surface area (Å²) in [4.78, 5) is 41.3. The molecule has 4 aromatic rings. The molecule has 0 spiro atoms. The zero-order chi connectivity index (χ0) is 20.4. The Labute approximate surface area is 166 Å². The molecular weight excluding hydrogens is 398 g/mol. The summed E-state index contributed by atoms with van der Waals surface area (Å²) in [6, 6.07) is 10.1. The number of aromatic nitrogens is 4. The van der Waals surface area contributed by atoms with Crippen molar-refractivity contribution in [1.29, 1.82) is 0 Å². The molecule has 0 radical (unpaired) electrons. The Morgan fingerprint density at radius 2 is 1.97 bits per heavy atom. The van der Waals surface area contributed by atoms with Gasteiger partial charge in [-0.3, -0.25) is 14.4 Å². The second-order valence-electron chi connectivity index (χ2n) is 5.87. The minimum atomic E-state index is -0.810. The zero-order valence-electron chi connectivity index (χ0n) is 14.8. The van der Waals surface area contributed by atoms with E-state index in [4.69, 9.17) is 15.0 Å². The van der Waals surface area contributed by atoms with Gasteiger partial charge in [0.2, 0.25) is 5.82 Å². The lowest BCUT2D eigenvalue weighted by molar-refractivity contribution is -0.146. The maximum atomic E-state index is 12.5. The van der Waals surface area contributed by atoms with Crippen LogP contribution in [0, 0.1) is 0 Å². The van der Waals surface area contributed by atoms with Gasteiger partial charge in [0.25, 0.3) is 17.4 Å². The van der Waals surface area contributed by atoms with E-state index in [1.54, 1.807) is 18.2 Å². The second kappa shape index (κ2) is 7.64. The maximum absolute atomic E-state index is 12.5. The molecule has 3 aromatic heterocycles. The summed E-state index contributed by atoms with van der Waals surface area (Å²) in [5, 5.41) is 10.1. The fourth-order valence-corrected chi connectivity index (χ4v) is 3.30. The highest BCUT2D eigenvalue weighted by Crippen LogP contribution is 2.21. The molecule has 4 rings (SSSR count). The minimum absolute atomic E-state index is 0.106. The Hall–Kier alpha value is -3.86. The average Bonchev–Trinajstić information content (AvgIpc) is 3.40. The first-order chi connectivity index (χ1) is 14.0. The maximum Gasteiger partial charge on any atom is 0.328 e. The lowest BCUT2D eigenvalue weighted by atomic mass is 10.1. The van der Waals surface area contributed by atoms with Crippen molar-refractivity contribution in [2.24, 2.45) is 5.73 Å². The average molecular weight is 411 g/mol. The van der Waals surface area contributed by atoms with Crippen LogP contribution in [0.2, 0.25) is 0 Å². The van der Waals surface area contributed by atoms with Gasteiger partial charge in [-0.2, -0.15) is 10.1 Å². The number of nitrogens with zero attached hydrogens (tertiary/aromatic N) is 4. The van der Waals surface area contributed by atoms with Crippen molar-refractivity contribution < 1.29 is 18.8 Å². The second-order valence-corrected chi connectivity index (χ2v) is 6.82. The van der Waals surface area contributed by atoms with Crippen LogP contribution in [-0.2, 0) is 22.7 Å². The molecule has 29 heavy (non-hydrogen) atoms. The number of hydrogen-bond acceptors (Lipinski definition) is 9. The summed E-state index contributed by atoms with van der Waals surface area (Å²) < 4.78 is 11.0. The summed E-state index contributed by atoms with van der Waals surface area (Å²) in [7, 11) is 0. The SMILES string of the molecule is NC(=O)c1nn(CC(=O)OCc2nc(-c3cccs3)no2)c(=O)c2ccccc12. The molecule has 3 heterocycles. The standard InChI is InChI=1S/C18H13N5O5S/c19-16(25)15-10-4-1-2-5-11(10)18(26)23(21-15)8-14(24)27-9-13-20-17(22-28-13)12-6-3-7-29-12/h1-7H,8-9H2,(H2,19,25). The first kappa shape index (κ1) is 18.5. The lowest BCUT2D eigenvalue weighted by Crippen LogP contribution is -2.31. The normalized spacial score (nSPS) is 10.9. The van der Waals surface area contributed by atoms with Crippen molar-refractivity contribution in [3.63, 3.8) is 0 Å². The van der Waals surface area contributed by atoms with E-state index in [1.165, 1.54) is 17.4 Å². The van der Waals surface area contributed by atoms with Crippen LogP contribution in [-0.4, -0.2) is 31.8 Å². The molecule has 1 amide bonds. The summed E-state index contributed by atoms with van der Waals surface area (Å²) in [5.41, 5.74) is 4.70. The largest absolute Gasteiger partial charge is 0.454 e. The number of carbonyl (C=O) groups excluding carboxylic acids is 2. The Morgan fingerprint density at radius 3 is 2.69 bits per heavy atom.